The van der Waals surface area contributed by atoms with Gasteiger partial charge in [-0.3, -0.25) is 9.69 Å². The van der Waals surface area contributed by atoms with Gasteiger partial charge in [0, 0.05) is 12.5 Å². The fraction of sp³-hybridized carbons (Fsp3) is 0.611. The van der Waals surface area contributed by atoms with E-state index in [1.807, 2.05) is 0 Å². The third-order valence-corrected chi connectivity index (χ3v) is 5.08. The van der Waals surface area contributed by atoms with Gasteiger partial charge in [0.15, 0.2) is 5.78 Å². The smallest absolute Gasteiger partial charge is 0.151 e. The van der Waals surface area contributed by atoms with Crippen LogP contribution in [0.25, 0.3) is 0 Å². The summed E-state index contributed by atoms with van der Waals surface area (Å²) in [6.07, 6.45) is 7.94. The van der Waals surface area contributed by atoms with E-state index in [0.717, 1.165) is 12.5 Å². The normalized spacial score (nSPS) is 26.3. The molecule has 0 N–H and O–H groups in total. The maximum absolute atomic E-state index is 13.6. The first kappa shape index (κ1) is 14.7. The van der Waals surface area contributed by atoms with Gasteiger partial charge in [0.1, 0.15) is 5.82 Å². The van der Waals surface area contributed by atoms with Gasteiger partial charge in [-0.05, 0) is 49.8 Å². The molecule has 21 heavy (non-hydrogen) atoms. The van der Waals surface area contributed by atoms with Crippen LogP contribution in [-0.2, 0) is 11.2 Å². The molecule has 1 saturated carbocycles. The Morgan fingerprint density at radius 2 is 1.90 bits per heavy atom. The lowest BCUT2D eigenvalue weighted by molar-refractivity contribution is -0.121. The first-order valence-corrected chi connectivity index (χ1v) is 8.23. The van der Waals surface area contributed by atoms with Crippen LogP contribution in [0.2, 0.25) is 0 Å². The molecule has 114 valence electrons. The number of ketones is 1. The van der Waals surface area contributed by atoms with Crippen molar-refractivity contribution < 1.29 is 9.18 Å². The highest BCUT2D eigenvalue weighted by Gasteiger charge is 2.33. The van der Waals surface area contributed by atoms with Crippen LogP contribution >= 0.6 is 0 Å². The van der Waals surface area contributed by atoms with Crippen molar-refractivity contribution in [3.8, 4) is 0 Å². The lowest BCUT2D eigenvalue weighted by Crippen LogP contribution is -2.48. The van der Waals surface area contributed by atoms with Crippen LogP contribution in [0.3, 0.4) is 0 Å². The lowest BCUT2D eigenvalue weighted by atomic mass is 9.78. The maximum Gasteiger partial charge on any atom is 0.151 e. The van der Waals surface area contributed by atoms with Gasteiger partial charge in [-0.25, -0.2) is 4.39 Å². The fourth-order valence-corrected chi connectivity index (χ4v) is 4.06. The van der Waals surface area contributed by atoms with E-state index in [0.29, 0.717) is 18.2 Å². The Bertz CT molecular complexity index is 500. The number of carbonyl (C=O) groups excluding carboxylic acids is 1. The second kappa shape index (κ2) is 6.69. The van der Waals surface area contributed by atoms with E-state index in [9.17, 15) is 9.18 Å². The molecular formula is C18H24FNO. The largest absolute Gasteiger partial charge is 0.298 e. The third-order valence-electron chi connectivity index (χ3n) is 5.08. The number of rotatable bonds is 4. The van der Waals surface area contributed by atoms with Gasteiger partial charge >= 0.3 is 0 Å². The number of piperidine rings is 1. The highest BCUT2D eigenvalue weighted by molar-refractivity contribution is 5.82. The molecule has 3 rings (SSSR count). The summed E-state index contributed by atoms with van der Waals surface area (Å²) in [5, 5.41) is 0. The van der Waals surface area contributed by atoms with Crippen molar-refractivity contribution in [1.82, 2.24) is 4.90 Å². The zero-order chi connectivity index (χ0) is 14.7. The topological polar surface area (TPSA) is 20.3 Å². The molecule has 1 saturated heterocycles. The first-order valence-electron chi connectivity index (χ1n) is 8.23. The molecule has 2 unspecified atom stereocenters. The zero-order valence-electron chi connectivity index (χ0n) is 12.6. The van der Waals surface area contributed by atoms with E-state index < -0.39 is 0 Å². The Kier molecular flexibility index (Phi) is 4.69. The molecule has 1 heterocycles. The molecule has 2 nitrogen and oxygen atoms in total. The number of carbonyl (C=O) groups is 1. The van der Waals surface area contributed by atoms with Gasteiger partial charge in [0.25, 0.3) is 0 Å². The summed E-state index contributed by atoms with van der Waals surface area (Å²) in [6, 6.07) is 7.20. The molecule has 0 amide bonds. The molecule has 0 aromatic heterocycles. The number of nitrogens with zero attached hydrogens (tertiary/aromatic N) is 1. The number of halogens is 1. The van der Waals surface area contributed by atoms with Gasteiger partial charge in [-0.15, -0.1) is 0 Å². The summed E-state index contributed by atoms with van der Waals surface area (Å²) in [6.45, 7) is 1.53. The molecule has 2 fully saturated rings. The van der Waals surface area contributed by atoms with Crippen LogP contribution in [0, 0.1) is 11.7 Å². The van der Waals surface area contributed by atoms with Gasteiger partial charge in [-0.1, -0.05) is 31.0 Å². The van der Waals surface area contributed by atoms with Crippen LogP contribution in [0.1, 0.15) is 44.1 Å². The van der Waals surface area contributed by atoms with Crippen molar-refractivity contribution in [2.45, 2.75) is 51.0 Å². The molecule has 0 bridgehead atoms. The van der Waals surface area contributed by atoms with E-state index in [4.69, 9.17) is 0 Å². The highest BCUT2D eigenvalue weighted by atomic mass is 19.1. The lowest BCUT2D eigenvalue weighted by Gasteiger charge is -2.43. The molecule has 0 spiro atoms. The molecular weight excluding hydrogens is 265 g/mol. The van der Waals surface area contributed by atoms with Crippen molar-refractivity contribution in [1.29, 1.82) is 0 Å². The minimum Gasteiger partial charge on any atom is -0.298 e. The Morgan fingerprint density at radius 1 is 1.14 bits per heavy atom. The van der Waals surface area contributed by atoms with Gasteiger partial charge < -0.3 is 0 Å². The van der Waals surface area contributed by atoms with Crippen LogP contribution < -0.4 is 0 Å². The van der Waals surface area contributed by atoms with Crippen LogP contribution in [0.5, 0.6) is 0 Å². The Hall–Kier alpha value is -1.22. The van der Waals surface area contributed by atoms with Crippen molar-refractivity contribution in [2.24, 2.45) is 5.92 Å². The molecule has 1 aliphatic carbocycles. The predicted molar refractivity (Wildman–Crippen MR) is 81.7 cm³/mol. The average Bonchev–Trinajstić information content (AvgIpc) is 2.50. The summed E-state index contributed by atoms with van der Waals surface area (Å²) in [5.74, 6) is 0.667. The minimum absolute atomic E-state index is 0.145. The monoisotopic (exact) mass is 289 g/mol. The highest BCUT2D eigenvalue weighted by Crippen LogP contribution is 2.35. The van der Waals surface area contributed by atoms with Gasteiger partial charge in [0.05, 0.1) is 6.54 Å². The summed E-state index contributed by atoms with van der Waals surface area (Å²) >= 11 is 0. The number of fused-ring (bicyclic) bond motifs is 1. The molecule has 0 radical (unpaired) electrons. The van der Waals surface area contributed by atoms with Crippen molar-refractivity contribution >= 4 is 5.78 Å². The predicted octanol–water partition coefficient (Wildman–Crippen LogP) is 3.59. The Morgan fingerprint density at radius 3 is 2.76 bits per heavy atom. The Balaban J connectivity index is 1.60. The molecule has 2 aliphatic rings. The van der Waals surface area contributed by atoms with E-state index >= 15 is 0 Å². The third kappa shape index (κ3) is 3.52. The quantitative estimate of drug-likeness (QED) is 0.844. The van der Waals surface area contributed by atoms with Crippen molar-refractivity contribution in [3.63, 3.8) is 0 Å². The standard InChI is InChI=1S/C18H24FNO/c19-17-9-3-1-7-15(17)12-16(21)13-20-11-5-8-14-6-2-4-10-18(14)20/h1,3,7,9,14,18H,2,4-6,8,10-13H2. The number of benzene rings is 1. The summed E-state index contributed by atoms with van der Waals surface area (Å²) in [5.41, 5.74) is 0.528. The number of hydrogen-bond donors (Lipinski definition) is 0. The molecule has 1 aromatic rings. The maximum atomic E-state index is 13.6. The van der Waals surface area contributed by atoms with E-state index in [2.05, 4.69) is 4.90 Å². The first-order chi connectivity index (χ1) is 10.2. The summed E-state index contributed by atoms with van der Waals surface area (Å²) in [7, 11) is 0. The SMILES string of the molecule is O=C(Cc1ccccc1F)CN1CCCC2CCCCC21. The van der Waals surface area contributed by atoms with E-state index in [-0.39, 0.29) is 18.0 Å². The van der Waals surface area contributed by atoms with Gasteiger partial charge in [-0.2, -0.15) is 0 Å². The molecule has 3 heteroatoms. The second-order valence-electron chi connectivity index (χ2n) is 6.53. The van der Waals surface area contributed by atoms with Crippen LogP contribution in [0.15, 0.2) is 24.3 Å². The van der Waals surface area contributed by atoms with Crippen LogP contribution in [0.4, 0.5) is 4.39 Å². The van der Waals surface area contributed by atoms with Gasteiger partial charge in [0.2, 0.25) is 0 Å². The molecule has 1 aliphatic heterocycles. The number of Topliss-reactive ketones (excluding diaryl/α,β-unsaturated/α-hetero) is 1. The Labute approximate surface area is 126 Å². The fourth-order valence-electron chi connectivity index (χ4n) is 4.06. The summed E-state index contributed by atoms with van der Waals surface area (Å²) < 4.78 is 13.6. The average molecular weight is 289 g/mol. The zero-order valence-corrected chi connectivity index (χ0v) is 12.6. The number of likely N-dealkylation sites (tertiary alicyclic amines) is 1. The molecule has 1 aromatic carbocycles. The van der Waals surface area contributed by atoms with Crippen molar-refractivity contribution in [3.05, 3.63) is 35.6 Å². The minimum atomic E-state index is -0.264. The van der Waals surface area contributed by atoms with E-state index in [1.54, 1.807) is 18.2 Å². The van der Waals surface area contributed by atoms with E-state index in [1.165, 1.54) is 44.6 Å². The summed E-state index contributed by atoms with van der Waals surface area (Å²) in [4.78, 5) is 14.7. The van der Waals surface area contributed by atoms with Crippen molar-refractivity contribution in [2.75, 3.05) is 13.1 Å². The second-order valence-corrected chi connectivity index (χ2v) is 6.53. The van der Waals surface area contributed by atoms with Crippen LogP contribution in [-0.4, -0.2) is 29.8 Å². The molecule has 2 atom stereocenters. The number of hydrogen-bond acceptors (Lipinski definition) is 2.